The summed E-state index contributed by atoms with van der Waals surface area (Å²) < 4.78 is 5.45. The van der Waals surface area contributed by atoms with E-state index in [0.29, 0.717) is 21.7 Å². The fraction of sp³-hybridized carbons (Fsp3) is 0. The Hall–Kier alpha value is -2.86. The summed E-state index contributed by atoms with van der Waals surface area (Å²) >= 11 is 5.84. The van der Waals surface area contributed by atoms with Crippen molar-refractivity contribution in [2.45, 2.75) is 0 Å². The predicted octanol–water partition coefficient (Wildman–Crippen LogP) is 0.938. The molecule has 6 nitrogen and oxygen atoms in total. The van der Waals surface area contributed by atoms with Crippen LogP contribution >= 0.6 is 11.6 Å². The zero-order chi connectivity index (χ0) is 15.5. The Morgan fingerprint density at radius 3 is 2.82 bits per heavy atom. The molecule has 0 bridgehead atoms. The first kappa shape index (κ1) is 14.1. The van der Waals surface area contributed by atoms with Gasteiger partial charge in [0.1, 0.15) is 0 Å². The number of nitrogens with one attached hydrogen (secondary N) is 2. The lowest BCUT2D eigenvalue weighted by molar-refractivity contribution is -0.381. The first-order valence-electron chi connectivity index (χ1n) is 6.44. The zero-order valence-corrected chi connectivity index (χ0v) is 12.1. The number of nitrogens with two attached hydrogens (primary N) is 1. The molecule has 0 unspecified atom stereocenters. The number of fused-ring (bicyclic) bond motifs is 1. The van der Waals surface area contributed by atoms with Gasteiger partial charge in [0.25, 0.3) is 5.91 Å². The number of amides is 1. The first-order chi connectivity index (χ1) is 10.6. The van der Waals surface area contributed by atoms with E-state index in [-0.39, 0.29) is 17.9 Å². The molecule has 1 aromatic heterocycles. The van der Waals surface area contributed by atoms with E-state index < -0.39 is 0 Å². The van der Waals surface area contributed by atoms with Crippen molar-refractivity contribution in [1.82, 2.24) is 10.3 Å². The maximum atomic E-state index is 12.0. The summed E-state index contributed by atoms with van der Waals surface area (Å²) in [4.78, 5) is 18.9. The second-order valence-corrected chi connectivity index (χ2v) is 4.93. The van der Waals surface area contributed by atoms with Crippen LogP contribution in [0.3, 0.4) is 0 Å². The van der Waals surface area contributed by atoms with Crippen molar-refractivity contribution in [3.8, 4) is 0 Å². The zero-order valence-electron chi connectivity index (χ0n) is 11.3. The van der Waals surface area contributed by atoms with E-state index in [1.54, 1.807) is 30.3 Å². The van der Waals surface area contributed by atoms with Crippen LogP contribution in [0, 0.1) is 0 Å². The van der Waals surface area contributed by atoms with Crippen LogP contribution in [0.4, 0.5) is 6.01 Å². The summed E-state index contributed by atoms with van der Waals surface area (Å²) in [5.74, 6) is -0.375. The van der Waals surface area contributed by atoms with Crippen LogP contribution in [0.1, 0.15) is 10.4 Å². The number of nitrogens with zero attached hydrogens (tertiary/aromatic N) is 1. The van der Waals surface area contributed by atoms with E-state index in [1.807, 2.05) is 18.2 Å². The lowest BCUT2D eigenvalue weighted by atomic mass is 10.2. The number of oxazole rings is 1. The SMILES string of the molecule is NC(NC(=O)c1cccc(Cl)c1)=[NH+]c1nc2ccccc2o1. The standard InChI is InChI=1S/C15H11ClN4O2/c16-10-5-3-4-9(8-10)13(21)19-14(17)20-15-18-11-6-1-2-7-12(11)22-15/h1-8H,(H3,17,18,19,20,21)/p+1. The molecule has 3 aromatic rings. The molecule has 110 valence electrons. The van der Waals surface area contributed by atoms with Crippen molar-refractivity contribution in [3.63, 3.8) is 0 Å². The van der Waals surface area contributed by atoms with Gasteiger partial charge in [-0.2, -0.15) is 0 Å². The van der Waals surface area contributed by atoms with Crippen molar-refractivity contribution in [3.05, 3.63) is 59.1 Å². The van der Waals surface area contributed by atoms with Gasteiger partial charge >= 0.3 is 12.0 Å². The van der Waals surface area contributed by atoms with Gasteiger partial charge in [-0.15, -0.1) is 0 Å². The molecule has 0 saturated heterocycles. The van der Waals surface area contributed by atoms with Crippen molar-refractivity contribution in [1.29, 1.82) is 0 Å². The largest absolute Gasteiger partial charge is 0.406 e. The number of halogens is 1. The average molecular weight is 316 g/mol. The Labute approximate surface area is 130 Å². The van der Waals surface area contributed by atoms with Gasteiger partial charge in [-0.1, -0.05) is 34.8 Å². The minimum absolute atomic E-state index is 0.0107. The third-order valence-electron chi connectivity index (χ3n) is 2.87. The number of para-hydroxylation sites is 2. The van der Waals surface area contributed by atoms with E-state index in [9.17, 15) is 4.79 Å². The Morgan fingerprint density at radius 2 is 2.05 bits per heavy atom. The van der Waals surface area contributed by atoms with Crippen LogP contribution in [0.25, 0.3) is 11.1 Å². The molecule has 0 aliphatic carbocycles. The summed E-state index contributed by atoms with van der Waals surface area (Å²) in [6.45, 7) is 0. The molecule has 0 saturated carbocycles. The minimum Gasteiger partial charge on any atom is -0.404 e. The molecule has 4 N–H and O–H groups in total. The monoisotopic (exact) mass is 315 g/mol. The number of guanidine groups is 1. The molecule has 7 heteroatoms. The van der Waals surface area contributed by atoms with Gasteiger partial charge in [-0.25, -0.2) is 10.3 Å². The summed E-state index contributed by atoms with van der Waals surface area (Å²) in [5.41, 5.74) is 7.46. The smallest absolute Gasteiger partial charge is 0.404 e. The normalized spacial score (nSPS) is 11.6. The highest BCUT2D eigenvalue weighted by Crippen LogP contribution is 2.14. The van der Waals surface area contributed by atoms with Gasteiger partial charge < -0.3 is 10.2 Å². The van der Waals surface area contributed by atoms with Crippen molar-refractivity contribution >= 4 is 40.6 Å². The highest BCUT2D eigenvalue weighted by Gasteiger charge is 2.13. The number of aromatic nitrogens is 1. The van der Waals surface area contributed by atoms with Crippen LogP contribution < -0.4 is 16.0 Å². The third kappa shape index (κ3) is 3.07. The van der Waals surface area contributed by atoms with E-state index in [1.165, 1.54) is 0 Å². The molecule has 1 heterocycles. The third-order valence-corrected chi connectivity index (χ3v) is 3.11. The lowest BCUT2D eigenvalue weighted by Crippen LogP contribution is -2.74. The molecular weight excluding hydrogens is 304 g/mol. The molecule has 1 amide bonds. The summed E-state index contributed by atoms with van der Waals surface area (Å²) in [7, 11) is 0. The number of hydrogen-bond acceptors (Lipinski definition) is 3. The molecule has 0 fully saturated rings. The lowest BCUT2D eigenvalue weighted by Gasteiger charge is -1.99. The molecule has 3 rings (SSSR count). The van der Waals surface area contributed by atoms with Crippen LogP contribution in [-0.4, -0.2) is 16.9 Å². The van der Waals surface area contributed by atoms with Gasteiger partial charge in [0, 0.05) is 5.02 Å². The van der Waals surface area contributed by atoms with E-state index in [4.69, 9.17) is 21.8 Å². The van der Waals surface area contributed by atoms with Crippen LogP contribution in [0.2, 0.25) is 5.02 Å². The average Bonchev–Trinajstić information content (AvgIpc) is 2.89. The fourth-order valence-corrected chi connectivity index (χ4v) is 2.09. The Balaban J connectivity index is 1.78. The maximum absolute atomic E-state index is 12.0. The molecule has 0 atom stereocenters. The molecule has 0 radical (unpaired) electrons. The Morgan fingerprint density at radius 1 is 1.23 bits per heavy atom. The molecule has 0 spiro atoms. The van der Waals surface area contributed by atoms with Crippen LogP contribution in [0.5, 0.6) is 0 Å². The molecule has 2 aromatic carbocycles. The van der Waals surface area contributed by atoms with E-state index in [0.717, 1.165) is 0 Å². The number of benzene rings is 2. The quantitative estimate of drug-likeness (QED) is 0.484. The van der Waals surface area contributed by atoms with Crippen LogP contribution in [0.15, 0.2) is 52.9 Å². The Bertz CT molecular complexity index is 840. The van der Waals surface area contributed by atoms with E-state index in [2.05, 4.69) is 15.3 Å². The van der Waals surface area contributed by atoms with E-state index >= 15 is 0 Å². The van der Waals surface area contributed by atoms with Crippen molar-refractivity contribution in [2.75, 3.05) is 0 Å². The highest BCUT2D eigenvalue weighted by atomic mass is 35.5. The molecule has 22 heavy (non-hydrogen) atoms. The van der Waals surface area contributed by atoms with Gasteiger partial charge in [0.2, 0.25) is 0 Å². The second kappa shape index (κ2) is 5.87. The highest BCUT2D eigenvalue weighted by molar-refractivity contribution is 6.31. The van der Waals surface area contributed by atoms with Crippen molar-refractivity contribution < 1.29 is 14.2 Å². The first-order valence-corrected chi connectivity index (χ1v) is 6.81. The summed E-state index contributed by atoms with van der Waals surface area (Å²) in [5, 5.41) is 2.97. The van der Waals surface area contributed by atoms with Gasteiger partial charge in [0.15, 0.2) is 11.1 Å². The minimum atomic E-state index is -0.386. The van der Waals surface area contributed by atoms with Gasteiger partial charge in [-0.3, -0.25) is 4.79 Å². The fourth-order valence-electron chi connectivity index (χ4n) is 1.90. The Kier molecular flexibility index (Phi) is 3.76. The molecule has 0 aliphatic rings. The molecule has 0 aliphatic heterocycles. The number of rotatable bonds is 2. The number of hydrogen-bond donors (Lipinski definition) is 3. The van der Waals surface area contributed by atoms with Crippen molar-refractivity contribution in [2.24, 2.45) is 5.73 Å². The predicted molar refractivity (Wildman–Crippen MR) is 82.7 cm³/mol. The maximum Gasteiger partial charge on any atom is 0.406 e. The molecular formula is C15H12ClN4O2+. The summed E-state index contributed by atoms with van der Waals surface area (Å²) in [6, 6.07) is 14.0. The second-order valence-electron chi connectivity index (χ2n) is 4.49. The number of carbonyl (C=O) groups is 1. The topological polar surface area (TPSA) is 95.1 Å². The van der Waals surface area contributed by atoms with Gasteiger partial charge in [0.05, 0.1) is 5.56 Å². The number of carbonyl (C=O) groups excluding carboxylic acids is 1. The summed E-state index contributed by atoms with van der Waals surface area (Å²) in [6.07, 6.45) is 0. The van der Waals surface area contributed by atoms with Gasteiger partial charge in [-0.05, 0) is 30.3 Å². The van der Waals surface area contributed by atoms with Crippen LogP contribution in [-0.2, 0) is 0 Å².